The molecule has 0 aromatic heterocycles. The van der Waals surface area contributed by atoms with Crippen LogP contribution in [0.3, 0.4) is 0 Å². The molecule has 3 nitrogen and oxygen atoms in total. The Kier molecular flexibility index (Phi) is 5.09. The average molecular weight is 213 g/mol. The van der Waals surface area contributed by atoms with E-state index in [4.69, 9.17) is 5.11 Å². The van der Waals surface area contributed by atoms with Crippen LogP contribution in [0.15, 0.2) is 0 Å². The maximum Gasteiger partial charge on any atom is 0.320 e. The predicted molar refractivity (Wildman–Crippen MR) is 60.9 cm³/mol. The maximum absolute atomic E-state index is 11.0. The number of rotatable bonds is 7. The van der Waals surface area contributed by atoms with Gasteiger partial charge in [0, 0.05) is 6.04 Å². The fourth-order valence-electron chi connectivity index (χ4n) is 2.08. The minimum atomic E-state index is -0.699. The van der Waals surface area contributed by atoms with Crippen LogP contribution in [-0.2, 0) is 4.79 Å². The lowest BCUT2D eigenvalue weighted by atomic mass is 9.80. The fraction of sp³-hybridized carbons (Fsp3) is 0.917. The van der Waals surface area contributed by atoms with E-state index in [1.165, 1.54) is 19.3 Å². The zero-order chi connectivity index (χ0) is 11.3. The normalized spacial score (nSPS) is 20.7. The molecule has 0 aliphatic heterocycles. The zero-order valence-corrected chi connectivity index (χ0v) is 9.83. The van der Waals surface area contributed by atoms with Gasteiger partial charge in [0.15, 0.2) is 0 Å². The van der Waals surface area contributed by atoms with Gasteiger partial charge < -0.3 is 10.4 Å². The van der Waals surface area contributed by atoms with Gasteiger partial charge in [-0.2, -0.15) is 0 Å². The molecule has 2 unspecified atom stereocenters. The Morgan fingerprint density at radius 3 is 2.60 bits per heavy atom. The summed E-state index contributed by atoms with van der Waals surface area (Å²) < 4.78 is 0. The number of unbranched alkanes of at least 4 members (excludes halogenated alkanes) is 1. The summed E-state index contributed by atoms with van der Waals surface area (Å²) in [6.45, 7) is 4.21. The second-order valence-corrected chi connectivity index (χ2v) is 4.68. The molecule has 1 fully saturated rings. The number of aliphatic carboxylic acids is 1. The molecule has 0 heterocycles. The summed E-state index contributed by atoms with van der Waals surface area (Å²) in [5, 5.41) is 12.3. The Balaban J connectivity index is 2.31. The second kappa shape index (κ2) is 6.11. The summed E-state index contributed by atoms with van der Waals surface area (Å²) in [5.74, 6) is 0.00287. The van der Waals surface area contributed by atoms with Crippen LogP contribution in [-0.4, -0.2) is 23.2 Å². The highest BCUT2D eigenvalue weighted by Gasteiger charge is 2.27. The first-order chi connectivity index (χ1) is 7.15. The third kappa shape index (κ3) is 3.82. The summed E-state index contributed by atoms with van der Waals surface area (Å²) >= 11 is 0. The second-order valence-electron chi connectivity index (χ2n) is 4.68. The van der Waals surface area contributed by atoms with Crippen LogP contribution in [0.5, 0.6) is 0 Å². The molecule has 1 aliphatic rings. The van der Waals surface area contributed by atoms with Gasteiger partial charge in [-0.1, -0.05) is 26.2 Å². The molecule has 1 rings (SSSR count). The van der Waals surface area contributed by atoms with Crippen molar-refractivity contribution in [2.75, 3.05) is 0 Å². The molecule has 0 spiro atoms. The van der Waals surface area contributed by atoms with E-state index < -0.39 is 5.97 Å². The molecular formula is C12H23NO2. The molecule has 88 valence electrons. The molecule has 2 N–H and O–H groups in total. The van der Waals surface area contributed by atoms with Crippen molar-refractivity contribution in [1.29, 1.82) is 0 Å². The number of hydrogen-bond donors (Lipinski definition) is 2. The number of nitrogens with one attached hydrogen (secondary N) is 1. The van der Waals surface area contributed by atoms with Gasteiger partial charge in [-0.05, 0) is 32.1 Å². The van der Waals surface area contributed by atoms with Crippen molar-refractivity contribution < 1.29 is 9.90 Å². The summed E-state index contributed by atoms with van der Waals surface area (Å²) in [4.78, 5) is 11.0. The van der Waals surface area contributed by atoms with Gasteiger partial charge in [0.2, 0.25) is 0 Å². The van der Waals surface area contributed by atoms with Crippen LogP contribution in [0.2, 0.25) is 0 Å². The highest BCUT2D eigenvalue weighted by molar-refractivity contribution is 5.73. The van der Waals surface area contributed by atoms with Gasteiger partial charge in [0.25, 0.3) is 0 Å². The van der Waals surface area contributed by atoms with Crippen LogP contribution in [0.4, 0.5) is 0 Å². The Morgan fingerprint density at radius 1 is 1.53 bits per heavy atom. The summed E-state index contributed by atoms with van der Waals surface area (Å²) in [6, 6.07) is 0.0113. The molecule has 0 aromatic rings. The first-order valence-electron chi connectivity index (χ1n) is 6.14. The SMILES string of the molecule is CCCCC(NC(C)C1CCC1)C(=O)O. The van der Waals surface area contributed by atoms with E-state index in [-0.39, 0.29) is 6.04 Å². The third-order valence-corrected chi connectivity index (χ3v) is 3.47. The Hall–Kier alpha value is -0.570. The molecule has 0 bridgehead atoms. The number of carboxylic acids is 1. The van der Waals surface area contributed by atoms with Crippen molar-refractivity contribution in [2.24, 2.45) is 5.92 Å². The Labute approximate surface area is 92.3 Å². The maximum atomic E-state index is 11.0. The lowest BCUT2D eigenvalue weighted by Gasteiger charge is -2.33. The minimum absolute atomic E-state index is 0.347. The largest absolute Gasteiger partial charge is 0.480 e. The predicted octanol–water partition coefficient (Wildman–Crippen LogP) is 2.41. The highest BCUT2D eigenvalue weighted by Crippen LogP contribution is 2.29. The minimum Gasteiger partial charge on any atom is -0.480 e. The van der Waals surface area contributed by atoms with E-state index in [9.17, 15) is 4.79 Å². The van der Waals surface area contributed by atoms with Crippen LogP contribution in [0, 0.1) is 5.92 Å². The van der Waals surface area contributed by atoms with Crippen LogP contribution in [0.25, 0.3) is 0 Å². The summed E-state index contributed by atoms with van der Waals surface area (Å²) in [6.07, 6.45) is 6.62. The lowest BCUT2D eigenvalue weighted by molar-refractivity contribution is -0.140. The first-order valence-corrected chi connectivity index (χ1v) is 6.14. The Bertz CT molecular complexity index is 202. The van der Waals surface area contributed by atoms with E-state index in [1.54, 1.807) is 0 Å². The van der Waals surface area contributed by atoms with E-state index in [0.29, 0.717) is 12.0 Å². The summed E-state index contributed by atoms with van der Waals surface area (Å²) in [5.41, 5.74) is 0. The van der Waals surface area contributed by atoms with Crippen LogP contribution < -0.4 is 5.32 Å². The van der Waals surface area contributed by atoms with Crippen molar-refractivity contribution in [3.8, 4) is 0 Å². The highest BCUT2D eigenvalue weighted by atomic mass is 16.4. The summed E-state index contributed by atoms with van der Waals surface area (Å²) in [7, 11) is 0. The molecule has 0 aromatic carbocycles. The molecule has 1 saturated carbocycles. The van der Waals surface area contributed by atoms with Gasteiger partial charge >= 0.3 is 5.97 Å². The third-order valence-electron chi connectivity index (χ3n) is 3.47. The molecule has 0 amide bonds. The number of carboxylic acid groups (broad SMARTS) is 1. The average Bonchev–Trinajstić information content (AvgIpc) is 2.08. The smallest absolute Gasteiger partial charge is 0.320 e. The van der Waals surface area contributed by atoms with Crippen molar-refractivity contribution in [1.82, 2.24) is 5.32 Å². The molecule has 0 saturated heterocycles. The zero-order valence-electron chi connectivity index (χ0n) is 9.83. The van der Waals surface area contributed by atoms with Crippen molar-refractivity contribution in [2.45, 2.75) is 64.5 Å². The Morgan fingerprint density at radius 2 is 2.20 bits per heavy atom. The monoisotopic (exact) mass is 213 g/mol. The van der Waals surface area contributed by atoms with Crippen molar-refractivity contribution in [3.05, 3.63) is 0 Å². The van der Waals surface area contributed by atoms with Crippen LogP contribution >= 0.6 is 0 Å². The van der Waals surface area contributed by atoms with Crippen molar-refractivity contribution in [3.63, 3.8) is 0 Å². The molecular weight excluding hydrogens is 190 g/mol. The van der Waals surface area contributed by atoms with E-state index in [2.05, 4.69) is 19.2 Å². The molecule has 2 atom stereocenters. The van der Waals surface area contributed by atoms with Gasteiger partial charge in [0.1, 0.15) is 6.04 Å². The number of carbonyl (C=O) groups is 1. The molecule has 3 heteroatoms. The van der Waals surface area contributed by atoms with Crippen LogP contribution in [0.1, 0.15) is 52.4 Å². The van der Waals surface area contributed by atoms with Gasteiger partial charge in [-0.15, -0.1) is 0 Å². The standard InChI is InChI=1S/C12H23NO2/c1-3-4-8-11(12(14)15)13-9(2)10-6-5-7-10/h9-11,13H,3-8H2,1-2H3,(H,14,15). The van der Waals surface area contributed by atoms with Gasteiger partial charge in [0.05, 0.1) is 0 Å². The van der Waals surface area contributed by atoms with E-state index in [0.717, 1.165) is 19.3 Å². The molecule has 1 aliphatic carbocycles. The topological polar surface area (TPSA) is 49.3 Å². The molecule has 15 heavy (non-hydrogen) atoms. The lowest BCUT2D eigenvalue weighted by Crippen LogP contribution is -2.46. The fourth-order valence-corrected chi connectivity index (χ4v) is 2.08. The van der Waals surface area contributed by atoms with E-state index >= 15 is 0 Å². The van der Waals surface area contributed by atoms with Crippen molar-refractivity contribution >= 4 is 5.97 Å². The van der Waals surface area contributed by atoms with E-state index in [1.807, 2.05) is 0 Å². The molecule has 0 radical (unpaired) electrons. The van der Waals surface area contributed by atoms with Gasteiger partial charge in [-0.25, -0.2) is 0 Å². The van der Waals surface area contributed by atoms with Gasteiger partial charge in [-0.3, -0.25) is 4.79 Å². The number of hydrogen-bond acceptors (Lipinski definition) is 2. The quantitative estimate of drug-likeness (QED) is 0.682. The first kappa shape index (κ1) is 12.5.